The van der Waals surface area contributed by atoms with Crippen molar-refractivity contribution in [2.24, 2.45) is 0 Å². The van der Waals surface area contributed by atoms with E-state index in [2.05, 4.69) is 21.2 Å². The number of nitrogens with one attached hydrogen (secondary N) is 1. The molecule has 0 saturated carbocycles. The van der Waals surface area contributed by atoms with Crippen LogP contribution in [0.2, 0.25) is 5.02 Å². The summed E-state index contributed by atoms with van der Waals surface area (Å²) in [5.74, 6) is 2.21. The number of fused-ring (bicyclic) bond motifs is 1. The minimum atomic E-state index is -0.499. The van der Waals surface area contributed by atoms with Crippen LogP contribution in [0.5, 0.6) is 11.5 Å². The summed E-state index contributed by atoms with van der Waals surface area (Å²) in [6, 6.07) is 11.0. The monoisotopic (exact) mass is 685 g/mol. The first-order valence-electron chi connectivity index (χ1n) is 14.7. The lowest BCUT2D eigenvalue weighted by Gasteiger charge is -2.32. The van der Waals surface area contributed by atoms with Gasteiger partial charge in [-0.2, -0.15) is 4.98 Å². The van der Waals surface area contributed by atoms with E-state index < -0.39 is 6.04 Å². The van der Waals surface area contributed by atoms with Gasteiger partial charge in [-0.3, -0.25) is 9.59 Å². The van der Waals surface area contributed by atoms with Crippen LogP contribution in [0.3, 0.4) is 0 Å². The molecule has 3 aromatic rings. The molecular formula is C31H33BrClN5O4S. The lowest BCUT2D eigenvalue weighted by Crippen LogP contribution is -2.38. The number of aromatic nitrogens is 3. The number of nitrogens with zero attached hydrogens (tertiary/aromatic N) is 4. The van der Waals surface area contributed by atoms with E-state index in [0.717, 1.165) is 62.0 Å². The van der Waals surface area contributed by atoms with E-state index in [-0.39, 0.29) is 18.3 Å². The average molecular weight is 687 g/mol. The van der Waals surface area contributed by atoms with Crippen molar-refractivity contribution in [1.29, 1.82) is 0 Å². The van der Waals surface area contributed by atoms with Gasteiger partial charge in [0.1, 0.15) is 6.04 Å². The van der Waals surface area contributed by atoms with E-state index in [1.165, 1.54) is 11.8 Å². The van der Waals surface area contributed by atoms with Crippen LogP contribution in [-0.2, 0) is 15.3 Å². The third-order valence-electron chi connectivity index (χ3n) is 7.86. The molecule has 1 saturated heterocycles. The van der Waals surface area contributed by atoms with Gasteiger partial charge in [-0.25, -0.2) is 4.68 Å². The predicted octanol–water partition coefficient (Wildman–Crippen LogP) is 6.80. The van der Waals surface area contributed by atoms with Crippen LogP contribution >= 0.6 is 39.3 Å². The first-order chi connectivity index (χ1) is 20.9. The Labute approximate surface area is 268 Å². The number of halogens is 2. The number of hydrogen-bond acceptors (Lipinski definition) is 8. The summed E-state index contributed by atoms with van der Waals surface area (Å²) in [4.78, 5) is 32.8. The Morgan fingerprint density at radius 2 is 1.95 bits per heavy atom. The molecule has 2 aliphatic heterocycles. The zero-order chi connectivity index (χ0) is 29.9. The molecule has 6 rings (SSSR count). The number of hydrogen-bond donors (Lipinski definition) is 1. The highest BCUT2D eigenvalue weighted by Crippen LogP contribution is 2.45. The first kappa shape index (κ1) is 30.0. The standard InChI is InChI=1S/C31H33BrClN5O4S/c1-2-41-25-16-20(15-21(32)29(25)42-17-26(40)37-13-6-3-7-14-37)28-27-23(11-8-12-24(27)39)34-30-35-31(36-38(28)30)43-18-19-9-4-5-10-22(19)33/h4-5,9-10,15-16,28H,2-3,6-8,11-14,17-18H2,1H3,(H,34,35,36). The zero-order valence-corrected chi connectivity index (χ0v) is 27.1. The van der Waals surface area contributed by atoms with Crippen molar-refractivity contribution in [2.45, 2.75) is 62.4 Å². The molecule has 1 aromatic heterocycles. The van der Waals surface area contributed by atoms with Crippen LogP contribution in [0.15, 0.2) is 57.3 Å². The molecule has 1 fully saturated rings. The molecule has 0 spiro atoms. The van der Waals surface area contributed by atoms with Gasteiger partial charge in [0, 0.05) is 41.6 Å². The van der Waals surface area contributed by atoms with E-state index in [0.29, 0.717) is 56.5 Å². The Morgan fingerprint density at radius 1 is 1.14 bits per heavy atom. The molecule has 9 nitrogen and oxygen atoms in total. The summed E-state index contributed by atoms with van der Waals surface area (Å²) < 4.78 is 14.5. The number of ketones is 1. The summed E-state index contributed by atoms with van der Waals surface area (Å²) in [5, 5.41) is 9.53. The smallest absolute Gasteiger partial charge is 0.260 e. The Balaban J connectivity index is 1.32. The van der Waals surface area contributed by atoms with Crippen molar-refractivity contribution in [3.05, 3.63) is 68.3 Å². The largest absolute Gasteiger partial charge is 0.490 e. The number of piperidine rings is 1. The van der Waals surface area contributed by atoms with Crippen molar-refractivity contribution in [3.8, 4) is 11.5 Å². The highest BCUT2D eigenvalue weighted by atomic mass is 79.9. The summed E-state index contributed by atoms with van der Waals surface area (Å²) in [7, 11) is 0. The fourth-order valence-electron chi connectivity index (χ4n) is 5.78. The Bertz CT molecular complexity index is 1570. The summed E-state index contributed by atoms with van der Waals surface area (Å²) >= 11 is 11.5. The van der Waals surface area contributed by atoms with E-state index in [9.17, 15) is 9.59 Å². The molecule has 12 heteroatoms. The van der Waals surface area contributed by atoms with Crippen LogP contribution in [0.4, 0.5) is 5.95 Å². The van der Waals surface area contributed by atoms with Gasteiger partial charge in [-0.05, 0) is 84.3 Å². The summed E-state index contributed by atoms with van der Waals surface area (Å²) in [6.07, 6.45) is 5.21. The number of likely N-dealkylation sites (tertiary alicyclic amines) is 1. The minimum absolute atomic E-state index is 0.0341. The molecule has 1 N–H and O–H groups in total. The van der Waals surface area contributed by atoms with Gasteiger partial charge in [0.2, 0.25) is 11.1 Å². The fraction of sp³-hybridized carbons (Fsp3) is 0.419. The molecule has 1 aliphatic carbocycles. The van der Waals surface area contributed by atoms with Crippen molar-refractivity contribution in [1.82, 2.24) is 19.7 Å². The number of ether oxygens (including phenoxy) is 2. The van der Waals surface area contributed by atoms with E-state index >= 15 is 0 Å². The van der Waals surface area contributed by atoms with Gasteiger partial charge in [0.15, 0.2) is 23.9 Å². The van der Waals surface area contributed by atoms with E-state index in [4.69, 9.17) is 31.2 Å². The highest BCUT2D eigenvalue weighted by molar-refractivity contribution is 9.10. The quantitative estimate of drug-likeness (QED) is 0.246. The number of thioether (sulfide) groups is 1. The molecule has 3 aliphatic rings. The maximum absolute atomic E-state index is 13.4. The van der Waals surface area contributed by atoms with Crippen LogP contribution in [0.25, 0.3) is 0 Å². The predicted molar refractivity (Wildman–Crippen MR) is 170 cm³/mol. The number of anilines is 1. The van der Waals surface area contributed by atoms with Crippen LogP contribution in [0.1, 0.15) is 62.6 Å². The van der Waals surface area contributed by atoms with E-state index in [1.54, 1.807) is 4.68 Å². The van der Waals surface area contributed by atoms with Crippen molar-refractivity contribution < 1.29 is 19.1 Å². The first-order valence-corrected chi connectivity index (χ1v) is 16.8. The third kappa shape index (κ3) is 6.44. The number of allylic oxidation sites excluding steroid dienone is 2. The molecule has 2 aromatic carbocycles. The molecule has 226 valence electrons. The SMILES string of the molecule is CCOc1cc(C2C3=C(CCCC3=O)Nc3nc(SCc4ccccc4Cl)nn32)cc(Br)c1OCC(=O)N1CCCCC1. The maximum atomic E-state index is 13.4. The van der Waals surface area contributed by atoms with E-state index in [1.807, 2.05) is 48.2 Å². The fourth-order valence-corrected chi connectivity index (χ4v) is 7.47. The molecule has 1 amide bonds. The Kier molecular flexibility index (Phi) is 9.30. The van der Waals surface area contributed by atoms with Gasteiger partial charge in [0.05, 0.1) is 11.1 Å². The maximum Gasteiger partial charge on any atom is 0.260 e. The van der Waals surface area contributed by atoms with Gasteiger partial charge in [-0.1, -0.05) is 41.6 Å². The molecular weight excluding hydrogens is 654 g/mol. The number of carbonyl (C=O) groups is 2. The van der Waals surface area contributed by atoms with Crippen molar-refractivity contribution >= 4 is 56.9 Å². The van der Waals surface area contributed by atoms with Crippen LogP contribution < -0.4 is 14.8 Å². The molecule has 1 atom stereocenters. The average Bonchev–Trinajstić information content (AvgIpc) is 3.42. The highest BCUT2D eigenvalue weighted by Gasteiger charge is 2.37. The van der Waals surface area contributed by atoms with Crippen LogP contribution in [-0.4, -0.2) is 57.7 Å². The molecule has 0 radical (unpaired) electrons. The van der Waals surface area contributed by atoms with Crippen LogP contribution in [0, 0.1) is 0 Å². The normalized spacial score (nSPS) is 18.2. The summed E-state index contributed by atoms with van der Waals surface area (Å²) in [6.45, 7) is 3.76. The van der Waals surface area contributed by atoms with Gasteiger partial charge < -0.3 is 19.7 Å². The van der Waals surface area contributed by atoms with Crippen molar-refractivity contribution in [2.75, 3.05) is 31.6 Å². The second-order valence-corrected chi connectivity index (χ2v) is 12.9. The third-order valence-corrected chi connectivity index (χ3v) is 9.70. The molecule has 43 heavy (non-hydrogen) atoms. The van der Waals surface area contributed by atoms with Gasteiger partial charge >= 0.3 is 0 Å². The van der Waals surface area contributed by atoms with Gasteiger partial charge in [0.25, 0.3) is 5.91 Å². The molecule has 1 unspecified atom stereocenters. The number of benzene rings is 2. The second kappa shape index (κ2) is 13.3. The minimum Gasteiger partial charge on any atom is -0.490 e. The lowest BCUT2D eigenvalue weighted by molar-refractivity contribution is -0.134. The Hall–Kier alpha value is -3.02. The number of amides is 1. The number of rotatable bonds is 9. The van der Waals surface area contributed by atoms with Gasteiger partial charge in [-0.15, -0.1) is 5.10 Å². The zero-order valence-electron chi connectivity index (χ0n) is 23.9. The second-order valence-electron chi connectivity index (χ2n) is 10.7. The molecule has 3 heterocycles. The van der Waals surface area contributed by atoms with Crippen molar-refractivity contribution in [3.63, 3.8) is 0 Å². The topological polar surface area (TPSA) is 98.6 Å². The number of Topliss-reactive ketones (excluding diaryl/α,β-unsaturated/α-hetero) is 1. The Morgan fingerprint density at radius 3 is 2.74 bits per heavy atom. The molecule has 0 bridgehead atoms. The number of carbonyl (C=O) groups excluding carboxylic acids is 2. The summed E-state index contributed by atoms with van der Waals surface area (Å²) in [5.41, 5.74) is 3.38. The lowest BCUT2D eigenvalue weighted by atomic mass is 9.85.